The average Bonchev–Trinajstić information content (AvgIpc) is 3.06. The molecule has 4 atom stereocenters. The lowest BCUT2D eigenvalue weighted by Gasteiger charge is -2.46. The first-order valence-corrected chi connectivity index (χ1v) is 16.3. The average molecular weight is 585 g/mol. The minimum atomic E-state index is -3.76. The van der Waals surface area contributed by atoms with Crippen molar-refractivity contribution in [2.45, 2.75) is 56.5 Å². The Kier molecular flexibility index (Phi) is 7.61. The molecule has 214 valence electrons. The lowest BCUT2D eigenvalue weighted by atomic mass is 9.68. The summed E-state index contributed by atoms with van der Waals surface area (Å²) >= 11 is 6.39. The number of fused-ring (bicyclic) bond motifs is 4. The van der Waals surface area contributed by atoms with Gasteiger partial charge in [0.1, 0.15) is 5.75 Å². The Bertz CT molecular complexity index is 1430. The maximum atomic E-state index is 13.1. The van der Waals surface area contributed by atoms with Crippen LogP contribution in [0.5, 0.6) is 5.75 Å². The second-order valence-electron chi connectivity index (χ2n) is 11.8. The molecule has 1 amide bonds. The van der Waals surface area contributed by atoms with Crippen LogP contribution in [0.4, 0.5) is 5.69 Å². The summed E-state index contributed by atoms with van der Waals surface area (Å²) in [5.74, 6) is 0.807. The molecule has 2 heterocycles. The standard InChI is InChI=1S/C31H37ClN2O5S/c1-38-28-7-3-2-4-15-40(36,37)33-30(35)22-9-13-29-27(17-22)34(18-23-8-11-25(23)28)19-31(20-39-29)14-5-6-21-16-24(32)10-12-26(21)31/h3,7,9-10,12-13,16-17,23,25,28H,2,4-6,8,11,14-15,18-20H2,1H3,(H,33,35)/b7-3+/t23-,25+,28+,31-/m0/s1. The Morgan fingerprint density at radius 3 is 2.83 bits per heavy atom. The van der Waals surface area contributed by atoms with Crippen molar-refractivity contribution in [1.82, 2.24) is 4.72 Å². The first-order valence-electron chi connectivity index (χ1n) is 14.3. The molecule has 0 unspecified atom stereocenters. The summed E-state index contributed by atoms with van der Waals surface area (Å²) in [5.41, 5.74) is 3.50. The van der Waals surface area contributed by atoms with Crippen LogP contribution in [0.1, 0.15) is 60.0 Å². The van der Waals surface area contributed by atoms with Gasteiger partial charge in [-0.25, -0.2) is 13.1 Å². The zero-order valence-electron chi connectivity index (χ0n) is 22.9. The zero-order valence-corrected chi connectivity index (χ0v) is 24.5. The lowest BCUT2D eigenvalue weighted by Crippen LogP contribution is -2.49. The summed E-state index contributed by atoms with van der Waals surface area (Å²) < 4.78 is 40.0. The Labute approximate surface area is 241 Å². The Hall–Kier alpha value is -2.55. The van der Waals surface area contributed by atoms with Crippen molar-refractivity contribution in [2.75, 3.05) is 37.5 Å². The number of amides is 1. The minimum absolute atomic E-state index is 0.0106. The highest BCUT2D eigenvalue weighted by Gasteiger charge is 2.44. The van der Waals surface area contributed by atoms with E-state index in [0.29, 0.717) is 36.8 Å². The number of sulfonamides is 1. The first kappa shape index (κ1) is 27.6. The van der Waals surface area contributed by atoms with Crippen molar-refractivity contribution < 1.29 is 22.7 Å². The molecular weight excluding hydrogens is 548 g/mol. The van der Waals surface area contributed by atoms with E-state index in [0.717, 1.165) is 61.7 Å². The van der Waals surface area contributed by atoms with Gasteiger partial charge in [0.05, 0.1) is 24.2 Å². The number of carbonyl (C=O) groups excluding carboxylic acids is 1. The largest absolute Gasteiger partial charge is 0.490 e. The summed E-state index contributed by atoms with van der Waals surface area (Å²) in [7, 11) is -2.00. The number of benzene rings is 2. The van der Waals surface area contributed by atoms with Gasteiger partial charge >= 0.3 is 0 Å². The fourth-order valence-corrected chi connectivity index (χ4v) is 8.30. The zero-order chi connectivity index (χ0) is 27.9. The van der Waals surface area contributed by atoms with Gasteiger partial charge in [-0.1, -0.05) is 29.8 Å². The molecule has 2 bridgehead atoms. The molecule has 0 radical (unpaired) electrons. The number of nitrogens with one attached hydrogen (secondary N) is 1. The molecule has 7 nitrogen and oxygen atoms in total. The van der Waals surface area contributed by atoms with Crippen molar-refractivity contribution in [3.05, 3.63) is 70.3 Å². The molecule has 0 saturated heterocycles. The second-order valence-corrected chi connectivity index (χ2v) is 14.1. The van der Waals surface area contributed by atoms with Gasteiger partial charge in [0, 0.05) is 36.2 Å². The van der Waals surface area contributed by atoms with Gasteiger partial charge in [-0.2, -0.15) is 0 Å². The molecule has 0 aromatic heterocycles. The molecule has 1 spiro atoms. The maximum Gasteiger partial charge on any atom is 0.264 e. The topological polar surface area (TPSA) is 84.9 Å². The van der Waals surface area contributed by atoms with Gasteiger partial charge in [0.25, 0.3) is 5.91 Å². The van der Waals surface area contributed by atoms with Crippen LogP contribution >= 0.6 is 11.6 Å². The lowest BCUT2D eigenvalue weighted by molar-refractivity contribution is 0.0132. The van der Waals surface area contributed by atoms with Crippen molar-refractivity contribution in [3.8, 4) is 5.75 Å². The van der Waals surface area contributed by atoms with Gasteiger partial charge in [-0.3, -0.25) is 4.79 Å². The van der Waals surface area contributed by atoms with Crippen molar-refractivity contribution in [1.29, 1.82) is 0 Å². The fourth-order valence-electron chi connectivity index (χ4n) is 7.06. The monoisotopic (exact) mass is 584 g/mol. The molecule has 1 N–H and O–H groups in total. The number of carbonyl (C=O) groups is 1. The molecule has 2 aliphatic heterocycles. The van der Waals surface area contributed by atoms with Crippen LogP contribution in [-0.2, 0) is 26.6 Å². The molecule has 1 fully saturated rings. The van der Waals surface area contributed by atoms with Crippen LogP contribution in [0.15, 0.2) is 48.6 Å². The van der Waals surface area contributed by atoms with Gasteiger partial charge in [-0.15, -0.1) is 0 Å². The quantitative estimate of drug-likeness (QED) is 0.460. The van der Waals surface area contributed by atoms with Gasteiger partial charge < -0.3 is 14.4 Å². The minimum Gasteiger partial charge on any atom is -0.490 e. The van der Waals surface area contributed by atoms with Crippen LogP contribution in [0.2, 0.25) is 5.02 Å². The smallest absolute Gasteiger partial charge is 0.264 e. The van der Waals surface area contributed by atoms with Crippen molar-refractivity contribution in [2.24, 2.45) is 11.8 Å². The van der Waals surface area contributed by atoms with Crippen molar-refractivity contribution in [3.63, 3.8) is 0 Å². The molecule has 2 aliphatic carbocycles. The number of methoxy groups -OCH3 is 1. The Morgan fingerprint density at radius 1 is 1.15 bits per heavy atom. The van der Waals surface area contributed by atoms with Crippen LogP contribution in [0.3, 0.4) is 0 Å². The third-order valence-electron chi connectivity index (χ3n) is 9.28. The summed E-state index contributed by atoms with van der Waals surface area (Å²) in [6, 6.07) is 11.5. The predicted molar refractivity (Wildman–Crippen MR) is 157 cm³/mol. The summed E-state index contributed by atoms with van der Waals surface area (Å²) in [6.07, 6.45) is 10.4. The number of halogens is 1. The molecule has 2 aromatic rings. The molecule has 4 aliphatic rings. The highest BCUT2D eigenvalue weighted by Crippen LogP contribution is 2.47. The van der Waals surface area contributed by atoms with Crippen LogP contribution in [0, 0.1) is 11.8 Å². The van der Waals surface area contributed by atoms with Gasteiger partial charge in [0.15, 0.2) is 0 Å². The SMILES string of the molecule is CO[C@@H]1/C=C/CCCS(=O)(=O)NC(=O)c2ccc3c(c2)N(C[C@@H]2CC[C@H]21)C[C@@]1(CCCc2cc(Cl)ccc21)CO3. The molecule has 1 saturated carbocycles. The third-order valence-corrected chi connectivity index (χ3v) is 10.8. The van der Waals surface area contributed by atoms with E-state index in [1.807, 2.05) is 18.2 Å². The molecule has 6 rings (SSSR count). The number of anilines is 1. The highest BCUT2D eigenvalue weighted by molar-refractivity contribution is 7.90. The molecular formula is C31H37ClN2O5S. The number of nitrogens with zero attached hydrogens (tertiary/aromatic N) is 1. The highest BCUT2D eigenvalue weighted by atomic mass is 35.5. The Morgan fingerprint density at radius 2 is 2.02 bits per heavy atom. The predicted octanol–water partition coefficient (Wildman–Crippen LogP) is 5.26. The van der Waals surface area contributed by atoms with E-state index in [1.165, 1.54) is 11.1 Å². The van der Waals surface area contributed by atoms with E-state index in [4.69, 9.17) is 21.1 Å². The molecule has 2 aromatic carbocycles. The van der Waals surface area contributed by atoms with Gasteiger partial charge in [0.2, 0.25) is 10.0 Å². The van der Waals surface area contributed by atoms with E-state index >= 15 is 0 Å². The number of rotatable bonds is 1. The van der Waals surface area contributed by atoms with Crippen LogP contribution in [-0.4, -0.2) is 53.0 Å². The van der Waals surface area contributed by atoms with Crippen LogP contribution in [0.25, 0.3) is 0 Å². The number of allylic oxidation sites excluding steroid dienone is 1. The summed E-state index contributed by atoms with van der Waals surface area (Å²) in [4.78, 5) is 15.5. The first-order chi connectivity index (χ1) is 19.3. The number of aryl methyl sites for hydroxylation is 1. The van der Waals surface area contributed by atoms with E-state index in [9.17, 15) is 13.2 Å². The Balaban J connectivity index is 1.42. The number of hydrogen-bond acceptors (Lipinski definition) is 6. The third kappa shape index (κ3) is 5.38. The van der Waals surface area contributed by atoms with E-state index in [1.54, 1.807) is 19.2 Å². The van der Waals surface area contributed by atoms with E-state index in [-0.39, 0.29) is 17.3 Å². The number of ether oxygens (including phenoxy) is 2. The summed E-state index contributed by atoms with van der Waals surface area (Å²) in [5, 5.41) is 0.750. The second kappa shape index (κ2) is 11.0. The molecule has 9 heteroatoms. The normalized spacial score (nSPS) is 30.6. The number of hydrogen-bond donors (Lipinski definition) is 1. The van der Waals surface area contributed by atoms with E-state index in [2.05, 4.69) is 27.8 Å². The maximum absolute atomic E-state index is 13.1. The molecule has 40 heavy (non-hydrogen) atoms. The summed E-state index contributed by atoms with van der Waals surface area (Å²) in [6.45, 7) is 2.08. The van der Waals surface area contributed by atoms with Gasteiger partial charge in [-0.05, 0) is 98.2 Å². The van der Waals surface area contributed by atoms with E-state index < -0.39 is 15.9 Å². The van der Waals surface area contributed by atoms with Crippen molar-refractivity contribution >= 4 is 33.2 Å². The fraction of sp³-hybridized carbons (Fsp3) is 0.516. The van der Waals surface area contributed by atoms with Crippen LogP contribution < -0.4 is 14.4 Å².